The Bertz CT molecular complexity index is 260. The molecule has 0 spiro atoms. The van der Waals surface area contributed by atoms with Gasteiger partial charge in [-0.05, 0) is 13.0 Å². The summed E-state index contributed by atoms with van der Waals surface area (Å²) in [7, 11) is 0. The molecular formula is C10H19N3O. The molecule has 0 aliphatic carbocycles. The zero-order valence-electron chi connectivity index (χ0n) is 8.90. The highest BCUT2D eigenvalue weighted by atomic mass is 16.3. The molecule has 1 unspecified atom stereocenters. The zero-order chi connectivity index (χ0) is 10.4. The monoisotopic (exact) mass is 197 g/mol. The molecule has 1 rings (SSSR count). The van der Waals surface area contributed by atoms with E-state index in [0.717, 1.165) is 25.1 Å². The first-order chi connectivity index (χ1) is 6.81. The zero-order valence-corrected chi connectivity index (χ0v) is 8.90. The summed E-state index contributed by atoms with van der Waals surface area (Å²) in [5.41, 5.74) is 1.06. The lowest BCUT2D eigenvalue weighted by atomic mass is 10.2. The summed E-state index contributed by atoms with van der Waals surface area (Å²) >= 11 is 0. The van der Waals surface area contributed by atoms with Crippen molar-refractivity contribution in [2.45, 2.75) is 32.9 Å². The highest BCUT2D eigenvalue weighted by Gasteiger charge is 2.10. The quantitative estimate of drug-likeness (QED) is 0.713. The second kappa shape index (κ2) is 5.78. The number of rotatable bonds is 6. The number of aromatic nitrogens is 2. The van der Waals surface area contributed by atoms with Crippen molar-refractivity contribution in [2.24, 2.45) is 0 Å². The van der Waals surface area contributed by atoms with E-state index in [9.17, 15) is 0 Å². The molecule has 0 aliphatic rings. The molecule has 0 saturated carbocycles. The summed E-state index contributed by atoms with van der Waals surface area (Å²) in [5, 5.41) is 16.6. The van der Waals surface area contributed by atoms with Crippen molar-refractivity contribution in [3.05, 3.63) is 18.0 Å². The SMILES string of the molecule is CCCn1cc(C(CO)NCC)cn1. The van der Waals surface area contributed by atoms with Crippen LogP contribution in [-0.4, -0.2) is 28.0 Å². The van der Waals surface area contributed by atoms with Gasteiger partial charge in [0.15, 0.2) is 0 Å². The molecule has 0 aliphatic heterocycles. The molecule has 0 aromatic carbocycles. The van der Waals surface area contributed by atoms with Crippen molar-refractivity contribution in [3.63, 3.8) is 0 Å². The van der Waals surface area contributed by atoms with E-state index in [1.54, 1.807) is 0 Å². The van der Waals surface area contributed by atoms with Crippen molar-refractivity contribution < 1.29 is 5.11 Å². The molecule has 2 N–H and O–H groups in total. The Morgan fingerprint density at radius 3 is 2.93 bits per heavy atom. The van der Waals surface area contributed by atoms with Crippen LogP contribution in [0.25, 0.3) is 0 Å². The van der Waals surface area contributed by atoms with E-state index < -0.39 is 0 Å². The van der Waals surface area contributed by atoms with E-state index in [2.05, 4.69) is 17.3 Å². The third-order valence-corrected chi connectivity index (χ3v) is 2.14. The van der Waals surface area contributed by atoms with Crippen LogP contribution in [0.4, 0.5) is 0 Å². The van der Waals surface area contributed by atoms with Crippen LogP contribution in [0.3, 0.4) is 0 Å². The van der Waals surface area contributed by atoms with Crippen molar-refractivity contribution in [1.82, 2.24) is 15.1 Å². The second-order valence-corrected chi connectivity index (χ2v) is 3.33. The van der Waals surface area contributed by atoms with E-state index in [0.29, 0.717) is 0 Å². The van der Waals surface area contributed by atoms with Crippen molar-refractivity contribution in [1.29, 1.82) is 0 Å². The van der Waals surface area contributed by atoms with Gasteiger partial charge in [0.25, 0.3) is 0 Å². The molecular weight excluding hydrogens is 178 g/mol. The van der Waals surface area contributed by atoms with Crippen LogP contribution < -0.4 is 5.32 Å². The maximum atomic E-state index is 9.15. The summed E-state index contributed by atoms with van der Waals surface area (Å²) in [6.45, 7) is 6.05. The molecule has 4 nitrogen and oxygen atoms in total. The van der Waals surface area contributed by atoms with Gasteiger partial charge in [-0.15, -0.1) is 0 Å². The van der Waals surface area contributed by atoms with E-state index in [-0.39, 0.29) is 12.6 Å². The molecule has 1 atom stereocenters. The minimum Gasteiger partial charge on any atom is -0.394 e. The fraction of sp³-hybridized carbons (Fsp3) is 0.700. The number of nitrogens with zero attached hydrogens (tertiary/aromatic N) is 2. The van der Waals surface area contributed by atoms with Gasteiger partial charge in [0.1, 0.15) is 0 Å². The van der Waals surface area contributed by atoms with Crippen LogP contribution in [0.1, 0.15) is 31.9 Å². The predicted molar refractivity (Wildman–Crippen MR) is 56.0 cm³/mol. The fourth-order valence-corrected chi connectivity index (χ4v) is 1.45. The molecule has 0 saturated heterocycles. The molecule has 0 fully saturated rings. The number of likely N-dealkylation sites (N-methyl/N-ethyl adjacent to an activating group) is 1. The Kier molecular flexibility index (Phi) is 4.62. The number of aliphatic hydroxyl groups excluding tert-OH is 1. The van der Waals surface area contributed by atoms with E-state index in [1.807, 2.05) is 24.0 Å². The average Bonchev–Trinajstić information content (AvgIpc) is 2.63. The second-order valence-electron chi connectivity index (χ2n) is 3.33. The van der Waals surface area contributed by atoms with Crippen LogP contribution in [-0.2, 0) is 6.54 Å². The van der Waals surface area contributed by atoms with Crippen LogP contribution in [0, 0.1) is 0 Å². The van der Waals surface area contributed by atoms with Gasteiger partial charge in [-0.2, -0.15) is 5.10 Å². The lowest BCUT2D eigenvalue weighted by Gasteiger charge is -2.12. The number of aryl methyl sites for hydroxylation is 1. The third kappa shape index (κ3) is 2.82. The molecule has 1 aromatic heterocycles. The van der Waals surface area contributed by atoms with Crippen LogP contribution >= 0.6 is 0 Å². The molecule has 14 heavy (non-hydrogen) atoms. The van der Waals surface area contributed by atoms with Crippen molar-refractivity contribution >= 4 is 0 Å². The maximum Gasteiger partial charge on any atom is 0.0627 e. The maximum absolute atomic E-state index is 9.15. The minimum absolute atomic E-state index is 0.0191. The lowest BCUT2D eigenvalue weighted by molar-refractivity contribution is 0.246. The summed E-state index contributed by atoms with van der Waals surface area (Å²) in [6, 6.07) is 0.0191. The molecule has 0 radical (unpaired) electrons. The first-order valence-corrected chi connectivity index (χ1v) is 5.18. The first kappa shape index (κ1) is 11.2. The van der Waals surface area contributed by atoms with Crippen molar-refractivity contribution in [2.75, 3.05) is 13.2 Å². The topological polar surface area (TPSA) is 50.1 Å². The number of hydrogen-bond acceptors (Lipinski definition) is 3. The molecule has 80 valence electrons. The summed E-state index contributed by atoms with van der Waals surface area (Å²) in [5.74, 6) is 0. The van der Waals surface area contributed by atoms with Crippen molar-refractivity contribution in [3.8, 4) is 0 Å². The number of nitrogens with one attached hydrogen (secondary N) is 1. The fourth-order valence-electron chi connectivity index (χ4n) is 1.45. The Hall–Kier alpha value is -0.870. The molecule has 1 aromatic rings. The average molecular weight is 197 g/mol. The van der Waals surface area contributed by atoms with Crippen LogP contribution in [0.5, 0.6) is 0 Å². The summed E-state index contributed by atoms with van der Waals surface area (Å²) in [4.78, 5) is 0. The van der Waals surface area contributed by atoms with Crippen LogP contribution in [0.2, 0.25) is 0 Å². The summed E-state index contributed by atoms with van der Waals surface area (Å²) < 4.78 is 1.91. The van der Waals surface area contributed by atoms with E-state index in [1.165, 1.54) is 0 Å². The van der Waals surface area contributed by atoms with E-state index >= 15 is 0 Å². The molecule has 4 heteroatoms. The summed E-state index contributed by atoms with van der Waals surface area (Å²) in [6.07, 6.45) is 4.89. The highest BCUT2D eigenvalue weighted by Crippen LogP contribution is 2.10. The normalized spacial score (nSPS) is 13.1. The van der Waals surface area contributed by atoms with Gasteiger partial charge in [0.2, 0.25) is 0 Å². The smallest absolute Gasteiger partial charge is 0.0627 e. The lowest BCUT2D eigenvalue weighted by Crippen LogP contribution is -2.23. The van der Waals surface area contributed by atoms with Gasteiger partial charge < -0.3 is 10.4 Å². The van der Waals surface area contributed by atoms with Gasteiger partial charge in [-0.25, -0.2) is 0 Å². The predicted octanol–water partition coefficient (Wildman–Crippen LogP) is 0.936. The largest absolute Gasteiger partial charge is 0.394 e. The number of hydrogen-bond donors (Lipinski definition) is 2. The third-order valence-electron chi connectivity index (χ3n) is 2.14. The molecule has 0 amide bonds. The van der Waals surface area contributed by atoms with Gasteiger partial charge in [0.05, 0.1) is 18.8 Å². The van der Waals surface area contributed by atoms with Gasteiger partial charge in [-0.1, -0.05) is 13.8 Å². The van der Waals surface area contributed by atoms with Crippen LogP contribution in [0.15, 0.2) is 12.4 Å². The standard InChI is InChI=1S/C10H19N3O/c1-3-5-13-7-9(6-12-13)10(8-14)11-4-2/h6-7,10-11,14H,3-5,8H2,1-2H3. The number of aliphatic hydroxyl groups is 1. The van der Waals surface area contributed by atoms with E-state index in [4.69, 9.17) is 5.11 Å². The molecule has 1 heterocycles. The highest BCUT2D eigenvalue weighted by molar-refractivity contribution is 5.10. The van der Waals surface area contributed by atoms with Gasteiger partial charge in [-0.3, -0.25) is 4.68 Å². The Morgan fingerprint density at radius 2 is 2.36 bits per heavy atom. The Labute approximate surface area is 84.9 Å². The first-order valence-electron chi connectivity index (χ1n) is 5.18. The Morgan fingerprint density at radius 1 is 1.57 bits per heavy atom. The molecule has 0 bridgehead atoms. The van der Waals surface area contributed by atoms with Gasteiger partial charge in [0, 0.05) is 18.3 Å². The van der Waals surface area contributed by atoms with Gasteiger partial charge >= 0.3 is 0 Å². The Balaban J connectivity index is 2.63. The minimum atomic E-state index is 0.0191.